The molecule has 2 saturated heterocycles. The van der Waals surface area contributed by atoms with Crippen LogP contribution in [-0.2, 0) is 6.42 Å². The minimum Gasteiger partial charge on any atom is -0.339 e. The zero-order valence-corrected chi connectivity index (χ0v) is 22.8. The summed E-state index contributed by atoms with van der Waals surface area (Å²) < 4.78 is 0. The maximum absolute atomic E-state index is 13.4. The first-order valence-corrected chi connectivity index (χ1v) is 13.7. The maximum Gasteiger partial charge on any atom is 0.254 e. The molecule has 3 heterocycles. The van der Waals surface area contributed by atoms with Gasteiger partial charge in [-0.05, 0) is 85.8 Å². The van der Waals surface area contributed by atoms with Crippen LogP contribution in [0.2, 0.25) is 0 Å². The van der Waals surface area contributed by atoms with E-state index in [1.165, 1.54) is 5.56 Å². The number of piperidine rings is 1. The average molecular weight is 522 g/mol. The van der Waals surface area contributed by atoms with E-state index < -0.39 is 0 Å². The molecule has 7 nitrogen and oxygen atoms in total. The molecule has 0 spiro atoms. The number of pyridine rings is 1. The number of aryl methyl sites for hydroxylation is 1. The second-order valence-electron chi connectivity index (χ2n) is 10.7. The zero-order valence-electron chi connectivity index (χ0n) is 22.8. The minimum atomic E-state index is 0.0526. The molecule has 2 fully saturated rings. The van der Waals surface area contributed by atoms with Crippen molar-refractivity contribution in [2.75, 3.05) is 46.3 Å². The quantitative estimate of drug-likeness (QED) is 0.501. The van der Waals surface area contributed by atoms with Gasteiger partial charge in [-0.3, -0.25) is 14.6 Å². The van der Waals surface area contributed by atoms with Crippen LogP contribution in [0.5, 0.6) is 0 Å². The van der Waals surface area contributed by atoms with Crippen molar-refractivity contribution in [3.63, 3.8) is 0 Å². The number of amides is 2. The topological polar surface area (TPSA) is 80.5 Å². The Kier molecular flexibility index (Phi) is 8.04. The number of piperazine rings is 1. The first kappa shape index (κ1) is 26.6. The van der Waals surface area contributed by atoms with Crippen LogP contribution < -0.4 is 0 Å². The molecule has 2 aliphatic heterocycles. The van der Waals surface area contributed by atoms with Crippen LogP contribution in [0, 0.1) is 18.3 Å². The van der Waals surface area contributed by atoms with Gasteiger partial charge in [-0.25, -0.2) is 0 Å². The summed E-state index contributed by atoms with van der Waals surface area (Å²) in [6.07, 6.45) is 4.10. The van der Waals surface area contributed by atoms with Gasteiger partial charge in [-0.2, -0.15) is 5.26 Å². The molecule has 2 aliphatic rings. The van der Waals surface area contributed by atoms with Crippen LogP contribution in [0.25, 0.3) is 0 Å². The summed E-state index contributed by atoms with van der Waals surface area (Å²) in [5, 5.41) is 9.04. The van der Waals surface area contributed by atoms with E-state index in [1.807, 2.05) is 65.3 Å². The van der Waals surface area contributed by atoms with Crippen LogP contribution >= 0.6 is 0 Å². The Morgan fingerprint density at radius 2 is 1.51 bits per heavy atom. The second-order valence-corrected chi connectivity index (χ2v) is 10.7. The van der Waals surface area contributed by atoms with Crippen LogP contribution in [0.15, 0.2) is 60.8 Å². The van der Waals surface area contributed by atoms with Gasteiger partial charge in [0, 0.05) is 68.7 Å². The molecule has 7 heteroatoms. The van der Waals surface area contributed by atoms with Gasteiger partial charge in [-0.1, -0.05) is 18.2 Å². The number of nitriles is 1. The van der Waals surface area contributed by atoms with Gasteiger partial charge < -0.3 is 14.7 Å². The highest BCUT2D eigenvalue weighted by molar-refractivity contribution is 5.95. The van der Waals surface area contributed by atoms with Crippen LogP contribution in [0.4, 0.5) is 0 Å². The van der Waals surface area contributed by atoms with E-state index in [9.17, 15) is 9.59 Å². The number of likely N-dealkylation sites (N-methyl/N-ethyl adjacent to an activating group) is 1. The van der Waals surface area contributed by atoms with E-state index in [4.69, 9.17) is 5.26 Å². The predicted molar refractivity (Wildman–Crippen MR) is 151 cm³/mol. The van der Waals surface area contributed by atoms with Crippen molar-refractivity contribution in [2.24, 2.45) is 0 Å². The fourth-order valence-electron chi connectivity index (χ4n) is 5.52. The standard InChI is InChI=1S/C32H35N5O2/c1-23-3-6-27(31(38)36-13-10-26(11-14-36)25-7-4-24(22-33)5-8-25)19-29(23)21-30-20-28(9-12-34-30)32(39)37-17-15-35(2)16-18-37/h3-9,12,19-20,26H,10-11,13-18,21H2,1-2H3. The minimum absolute atomic E-state index is 0.0526. The fourth-order valence-corrected chi connectivity index (χ4v) is 5.52. The monoisotopic (exact) mass is 521 g/mol. The summed E-state index contributed by atoms with van der Waals surface area (Å²) in [7, 11) is 2.08. The lowest BCUT2D eigenvalue weighted by atomic mass is 9.88. The molecule has 0 bridgehead atoms. The maximum atomic E-state index is 13.4. The van der Waals surface area contributed by atoms with Crippen molar-refractivity contribution in [2.45, 2.75) is 32.1 Å². The number of hydrogen-bond acceptors (Lipinski definition) is 5. The predicted octanol–water partition coefficient (Wildman–Crippen LogP) is 4.26. The van der Waals surface area contributed by atoms with Crippen LogP contribution in [0.1, 0.15) is 67.4 Å². The Morgan fingerprint density at radius 3 is 2.18 bits per heavy atom. The first-order chi connectivity index (χ1) is 18.9. The summed E-state index contributed by atoms with van der Waals surface area (Å²) in [6, 6.07) is 19.6. The van der Waals surface area contributed by atoms with E-state index in [1.54, 1.807) is 12.3 Å². The van der Waals surface area contributed by atoms with Crippen molar-refractivity contribution in [3.05, 3.63) is 99.9 Å². The Labute approximate surface area is 230 Å². The highest BCUT2D eigenvalue weighted by Gasteiger charge is 2.25. The van der Waals surface area contributed by atoms with E-state index >= 15 is 0 Å². The lowest BCUT2D eigenvalue weighted by Gasteiger charge is -2.32. The van der Waals surface area contributed by atoms with Crippen molar-refractivity contribution >= 4 is 11.8 Å². The molecule has 39 heavy (non-hydrogen) atoms. The van der Waals surface area contributed by atoms with Gasteiger partial charge in [0.05, 0.1) is 11.6 Å². The molecule has 0 N–H and O–H groups in total. The third-order valence-corrected chi connectivity index (χ3v) is 8.12. The molecule has 3 aromatic rings. The lowest BCUT2D eigenvalue weighted by Crippen LogP contribution is -2.47. The van der Waals surface area contributed by atoms with Gasteiger partial charge >= 0.3 is 0 Å². The van der Waals surface area contributed by atoms with Crippen LogP contribution in [0.3, 0.4) is 0 Å². The molecule has 5 rings (SSSR count). The van der Waals surface area contributed by atoms with Gasteiger partial charge in [0.25, 0.3) is 11.8 Å². The summed E-state index contributed by atoms with van der Waals surface area (Å²) in [5.41, 5.74) is 6.24. The molecule has 0 unspecified atom stereocenters. The van der Waals surface area contributed by atoms with Gasteiger partial charge in [0.2, 0.25) is 0 Å². The van der Waals surface area contributed by atoms with E-state index in [2.05, 4.69) is 23.0 Å². The number of carbonyl (C=O) groups is 2. The highest BCUT2D eigenvalue weighted by atomic mass is 16.2. The third kappa shape index (κ3) is 6.18. The summed E-state index contributed by atoms with van der Waals surface area (Å²) in [4.78, 5) is 37.1. The molecular weight excluding hydrogens is 486 g/mol. The summed E-state index contributed by atoms with van der Waals surface area (Å²) in [6.45, 7) is 6.72. The summed E-state index contributed by atoms with van der Waals surface area (Å²) >= 11 is 0. The Hall–Kier alpha value is -4.02. The Bertz CT molecular complexity index is 1380. The summed E-state index contributed by atoms with van der Waals surface area (Å²) in [5.74, 6) is 0.514. The molecule has 0 aliphatic carbocycles. The SMILES string of the molecule is Cc1ccc(C(=O)N2CCC(c3ccc(C#N)cc3)CC2)cc1Cc1cc(C(=O)N2CCN(C)CC2)ccn1. The fraction of sp³-hybridized carbons (Fsp3) is 0.375. The largest absolute Gasteiger partial charge is 0.339 e. The molecule has 200 valence electrons. The normalized spacial score (nSPS) is 16.6. The van der Waals surface area contributed by atoms with E-state index in [0.29, 0.717) is 42.1 Å². The number of aromatic nitrogens is 1. The van der Waals surface area contributed by atoms with Crippen molar-refractivity contribution in [1.82, 2.24) is 19.7 Å². The van der Waals surface area contributed by atoms with E-state index in [-0.39, 0.29) is 11.8 Å². The number of nitrogens with zero attached hydrogens (tertiary/aromatic N) is 5. The van der Waals surface area contributed by atoms with Crippen LogP contribution in [-0.4, -0.2) is 77.8 Å². The number of hydrogen-bond donors (Lipinski definition) is 0. The molecule has 2 amide bonds. The van der Waals surface area contributed by atoms with Gasteiger partial charge in [0.15, 0.2) is 0 Å². The van der Waals surface area contributed by atoms with Crippen molar-refractivity contribution in [1.29, 1.82) is 5.26 Å². The molecule has 0 saturated carbocycles. The number of benzene rings is 2. The zero-order chi connectivity index (χ0) is 27.4. The lowest BCUT2D eigenvalue weighted by molar-refractivity contribution is 0.0663. The van der Waals surface area contributed by atoms with Gasteiger partial charge in [-0.15, -0.1) is 0 Å². The number of rotatable bonds is 5. The van der Waals surface area contributed by atoms with Gasteiger partial charge in [0.1, 0.15) is 0 Å². The van der Waals surface area contributed by atoms with Crippen molar-refractivity contribution in [3.8, 4) is 6.07 Å². The third-order valence-electron chi connectivity index (χ3n) is 8.12. The second kappa shape index (κ2) is 11.8. The van der Waals surface area contributed by atoms with E-state index in [0.717, 1.165) is 55.8 Å². The Balaban J connectivity index is 1.24. The molecule has 2 aromatic carbocycles. The number of carbonyl (C=O) groups excluding carboxylic acids is 2. The molecule has 0 atom stereocenters. The highest BCUT2D eigenvalue weighted by Crippen LogP contribution is 2.29. The first-order valence-electron chi connectivity index (χ1n) is 13.7. The van der Waals surface area contributed by atoms with Crippen molar-refractivity contribution < 1.29 is 9.59 Å². The molecular formula is C32H35N5O2. The smallest absolute Gasteiger partial charge is 0.254 e. The molecule has 1 aromatic heterocycles. The average Bonchev–Trinajstić information content (AvgIpc) is 2.98. The molecule has 0 radical (unpaired) electrons. The Morgan fingerprint density at radius 1 is 0.872 bits per heavy atom. The number of likely N-dealkylation sites (tertiary alicyclic amines) is 1.